The molecule has 2 aromatic rings. The summed E-state index contributed by atoms with van der Waals surface area (Å²) in [5.74, 6) is -0.391. The third-order valence-electron chi connectivity index (χ3n) is 3.02. The Hall–Kier alpha value is -2.53. The van der Waals surface area contributed by atoms with Crippen molar-refractivity contribution in [1.29, 1.82) is 10.5 Å². The van der Waals surface area contributed by atoms with Crippen LogP contribution in [0.4, 0.5) is 19.0 Å². The molecule has 5 nitrogen and oxygen atoms in total. The quantitative estimate of drug-likeness (QED) is 0.679. The van der Waals surface area contributed by atoms with Gasteiger partial charge in [-0.3, -0.25) is 4.79 Å². The van der Waals surface area contributed by atoms with E-state index in [1.54, 1.807) is 28.7 Å². The van der Waals surface area contributed by atoms with Gasteiger partial charge in [-0.2, -0.15) is 23.7 Å². The van der Waals surface area contributed by atoms with Crippen molar-refractivity contribution < 1.29 is 13.2 Å². The fourth-order valence-corrected chi connectivity index (χ4v) is 2.57. The van der Waals surface area contributed by atoms with Crippen molar-refractivity contribution in [3.05, 3.63) is 48.8 Å². The van der Waals surface area contributed by atoms with Crippen molar-refractivity contribution in [2.24, 2.45) is 0 Å². The summed E-state index contributed by atoms with van der Waals surface area (Å²) in [5.41, 5.74) is 1.67. The highest BCUT2D eigenvalue weighted by Crippen LogP contribution is 2.40. The van der Waals surface area contributed by atoms with E-state index in [4.69, 9.17) is 11.0 Å². The van der Waals surface area contributed by atoms with Gasteiger partial charge in [0.2, 0.25) is 0 Å². The van der Waals surface area contributed by atoms with E-state index in [0.717, 1.165) is 12.1 Å². The molecule has 0 saturated heterocycles. The van der Waals surface area contributed by atoms with E-state index < -0.39 is 39.8 Å². The molecule has 0 fully saturated rings. The average molecular weight is 430 g/mol. The lowest BCUT2D eigenvalue weighted by Crippen LogP contribution is -2.18. The van der Waals surface area contributed by atoms with Gasteiger partial charge in [0.05, 0.1) is 5.56 Å². The molecule has 1 aromatic carbocycles. The van der Waals surface area contributed by atoms with Crippen LogP contribution in [0.25, 0.3) is 11.1 Å². The largest absolute Gasteiger partial charge is 0.417 e. The summed E-state index contributed by atoms with van der Waals surface area (Å²) in [6.07, 6.45) is -4.73. The summed E-state index contributed by atoms with van der Waals surface area (Å²) in [6, 6.07) is 6.54. The first kappa shape index (κ1) is 16.8. The zero-order valence-corrected chi connectivity index (χ0v) is 13.3. The third kappa shape index (κ3) is 3.00. The van der Waals surface area contributed by atoms with Crippen LogP contribution in [-0.2, 0) is 6.18 Å². The van der Waals surface area contributed by atoms with Crippen LogP contribution in [0.5, 0.6) is 0 Å². The molecule has 0 saturated carbocycles. The normalized spacial score (nSPS) is 10.9. The summed E-state index contributed by atoms with van der Waals surface area (Å²) in [5, 5.41) is 18.3. The van der Waals surface area contributed by atoms with Gasteiger partial charge in [-0.05, 0) is 40.3 Å². The number of nitrogens with two attached hydrogens (primary N) is 1. The van der Waals surface area contributed by atoms with E-state index in [2.05, 4.69) is 4.98 Å². The van der Waals surface area contributed by atoms with Crippen LogP contribution in [0, 0.1) is 26.2 Å². The number of hydrogen-bond donors (Lipinski definition) is 2. The molecule has 0 amide bonds. The zero-order valence-electron chi connectivity index (χ0n) is 11.1. The number of nitrogens with one attached hydrogen (secondary N) is 1. The van der Waals surface area contributed by atoms with E-state index in [-0.39, 0.29) is 5.56 Å². The molecule has 116 valence electrons. The number of aromatic amines is 1. The first-order valence-electron chi connectivity index (χ1n) is 5.93. The number of nitriles is 2. The summed E-state index contributed by atoms with van der Waals surface area (Å²) < 4.78 is 40.2. The van der Waals surface area contributed by atoms with Crippen molar-refractivity contribution in [1.82, 2.24) is 4.98 Å². The fraction of sp³-hybridized carbons (Fsp3) is 0.0714. The molecule has 23 heavy (non-hydrogen) atoms. The number of alkyl halides is 3. The number of benzene rings is 1. The fourth-order valence-electron chi connectivity index (χ4n) is 2.08. The smallest absolute Gasteiger partial charge is 0.384 e. The number of pyridine rings is 1. The van der Waals surface area contributed by atoms with Crippen LogP contribution in [0.15, 0.2) is 23.0 Å². The third-order valence-corrected chi connectivity index (χ3v) is 3.70. The van der Waals surface area contributed by atoms with Gasteiger partial charge >= 0.3 is 6.18 Å². The molecule has 0 spiro atoms. The number of anilines is 1. The minimum absolute atomic E-state index is 0.313. The van der Waals surface area contributed by atoms with Gasteiger partial charge in [-0.15, -0.1) is 0 Å². The van der Waals surface area contributed by atoms with Gasteiger partial charge in [-0.25, -0.2) is 0 Å². The van der Waals surface area contributed by atoms with E-state index in [1.165, 1.54) is 12.1 Å². The van der Waals surface area contributed by atoms with Crippen LogP contribution in [0.3, 0.4) is 0 Å². The number of H-pyrrole nitrogens is 1. The summed E-state index contributed by atoms with van der Waals surface area (Å²) in [7, 11) is 0. The summed E-state index contributed by atoms with van der Waals surface area (Å²) in [6.45, 7) is 0. The average Bonchev–Trinajstić information content (AvgIpc) is 2.45. The zero-order chi connectivity index (χ0) is 17.4. The van der Waals surface area contributed by atoms with E-state index in [1.807, 2.05) is 0 Å². The van der Waals surface area contributed by atoms with Gasteiger partial charge in [0.25, 0.3) is 5.56 Å². The molecular weight excluding hydrogens is 424 g/mol. The molecule has 3 N–H and O–H groups in total. The van der Waals surface area contributed by atoms with E-state index in [9.17, 15) is 23.2 Å². The number of hydrogen-bond acceptors (Lipinski definition) is 4. The number of nitrogens with zero attached hydrogens (tertiary/aromatic N) is 2. The molecular formula is C14H6F3IN4O. The Balaban J connectivity index is 3.03. The highest BCUT2D eigenvalue weighted by molar-refractivity contribution is 14.1. The van der Waals surface area contributed by atoms with Crippen LogP contribution in [0.1, 0.15) is 16.7 Å². The Morgan fingerprint density at radius 1 is 1.17 bits per heavy atom. The molecule has 0 bridgehead atoms. The maximum Gasteiger partial charge on any atom is 0.417 e. The molecule has 0 radical (unpaired) electrons. The van der Waals surface area contributed by atoms with Crippen molar-refractivity contribution in [2.45, 2.75) is 6.18 Å². The van der Waals surface area contributed by atoms with Crippen LogP contribution < -0.4 is 11.3 Å². The SMILES string of the molecule is N#Cc1c(N)[nH]c(=O)c(C#N)c1-c1ccc(I)cc1C(F)(F)F. The molecule has 2 rings (SSSR count). The van der Waals surface area contributed by atoms with Crippen LogP contribution in [-0.4, -0.2) is 4.98 Å². The van der Waals surface area contributed by atoms with Gasteiger partial charge in [0, 0.05) is 9.13 Å². The Bertz CT molecular complexity index is 935. The number of aromatic nitrogens is 1. The second kappa shape index (κ2) is 5.93. The van der Waals surface area contributed by atoms with E-state index >= 15 is 0 Å². The second-order valence-corrected chi connectivity index (χ2v) is 5.65. The predicted molar refractivity (Wildman–Crippen MR) is 84.1 cm³/mol. The second-order valence-electron chi connectivity index (χ2n) is 4.40. The minimum atomic E-state index is -4.73. The Morgan fingerprint density at radius 2 is 1.78 bits per heavy atom. The predicted octanol–water partition coefficient (Wildman–Crippen LogP) is 2.99. The van der Waals surface area contributed by atoms with Gasteiger partial charge in [0.1, 0.15) is 29.1 Å². The Kier molecular flexibility index (Phi) is 4.34. The van der Waals surface area contributed by atoms with E-state index in [0.29, 0.717) is 3.57 Å². The van der Waals surface area contributed by atoms with Crippen molar-refractivity contribution in [3.63, 3.8) is 0 Å². The molecule has 0 aliphatic heterocycles. The van der Waals surface area contributed by atoms with Crippen molar-refractivity contribution in [3.8, 4) is 23.3 Å². The van der Waals surface area contributed by atoms with Gasteiger partial charge in [-0.1, -0.05) is 6.07 Å². The highest BCUT2D eigenvalue weighted by atomic mass is 127. The lowest BCUT2D eigenvalue weighted by Gasteiger charge is -2.16. The lowest BCUT2D eigenvalue weighted by atomic mass is 9.92. The van der Waals surface area contributed by atoms with Crippen molar-refractivity contribution >= 4 is 28.4 Å². The first-order valence-corrected chi connectivity index (χ1v) is 7.01. The maximum atomic E-state index is 13.3. The molecule has 0 aliphatic carbocycles. The van der Waals surface area contributed by atoms with Gasteiger partial charge < -0.3 is 10.7 Å². The minimum Gasteiger partial charge on any atom is -0.384 e. The monoisotopic (exact) mass is 430 g/mol. The Morgan fingerprint density at radius 3 is 2.30 bits per heavy atom. The first-order chi connectivity index (χ1) is 10.7. The standard InChI is InChI=1S/C14H6F3IN4O/c15-14(16,17)10-3-6(18)1-2-7(10)11-8(4-19)12(21)22-13(23)9(11)5-20/h1-3H,(H3,21,22,23). The molecule has 0 unspecified atom stereocenters. The highest BCUT2D eigenvalue weighted by Gasteiger charge is 2.35. The lowest BCUT2D eigenvalue weighted by molar-refractivity contribution is -0.137. The Labute approximate surface area is 141 Å². The molecule has 1 heterocycles. The molecule has 0 atom stereocenters. The molecule has 0 aliphatic rings. The number of halogens is 4. The summed E-state index contributed by atoms with van der Waals surface area (Å²) >= 11 is 1.71. The van der Waals surface area contributed by atoms with Crippen LogP contribution in [0.2, 0.25) is 0 Å². The molecule has 9 heteroatoms. The number of rotatable bonds is 1. The maximum absolute atomic E-state index is 13.3. The van der Waals surface area contributed by atoms with Gasteiger partial charge in [0.15, 0.2) is 0 Å². The number of nitrogen functional groups attached to an aromatic ring is 1. The summed E-state index contributed by atoms with van der Waals surface area (Å²) in [4.78, 5) is 13.9. The van der Waals surface area contributed by atoms with Crippen molar-refractivity contribution in [2.75, 3.05) is 5.73 Å². The van der Waals surface area contributed by atoms with Crippen LogP contribution >= 0.6 is 22.6 Å². The molecule has 1 aromatic heterocycles. The topological polar surface area (TPSA) is 106 Å².